The van der Waals surface area contributed by atoms with Gasteiger partial charge in [0, 0.05) is 18.2 Å². The van der Waals surface area contributed by atoms with Crippen LogP contribution in [-0.4, -0.2) is 30.7 Å². The minimum atomic E-state index is -4.52. The average Bonchev–Trinajstić information content (AvgIpc) is 2.96. The lowest BCUT2D eigenvalue weighted by atomic mass is 10.0. The lowest BCUT2D eigenvalue weighted by Crippen LogP contribution is -2.32. The van der Waals surface area contributed by atoms with E-state index in [-0.39, 0.29) is 22.8 Å². The SMILES string of the molecule is CCSCC(Oc1cccc(Cl)c1C(F)(F)F)[C@H]1CCNC1. The molecule has 0 amide bonds. The van der Waals surface area contributed by atoms with E-state index in [0.29, 0.717) is 5.75 Å². The van der Waals surface area contributed by atoms with E-state index < -0.39 is 11.7 Å². The number of halogens is 4. The van der Waals surface area contributed by atoms with Crippen LogP contribution in [0.1, 0.15) is 18.9 Å². The Morgan fingerprint density at radius 2 is 2.23 bits per heavy atom. The van der Waals surface area contributed by atoms with Crippen molar-refractivity contribution in [2.24, 2.45) is 5.92 Å². The Labute approximate surface area is 137 Å². The summed E-state index contributed by atoms with van der Waals surface area (Å²) in [5.74, 6) is 1.63. The predicted octanol–water partition coefficient (Wildman–Crippen LogP) is 4.47. The van der Waals surface area contributed by atoms with Crippen molar-refractivity contribution < 1.29 is 17.9 Å². The number of alkyl halides is 3. The molecule has 0 aliphatic carbocycles. The molecule has 2 atom stereocenters. The zero-order valence-corrected chi connectivity index (χ0v) is 13.8. The van der Waals surface area contributed by atoms with Crippen LogP contribution in [0.3, 0.4) is 0 Å². The van der Waals surface area contributed by atoms with E-state index in [9.17, 15) is 13.2 Å². The third-order valence-corrected chi connectivity index (χ3v) is 4.94. The molecule has 0 bridgehead atoms. The first kappa shape index (κ1) is 17.8. The number of ether oxygens (including phenoxy) is 1. The Morgan fingerprint density at radius 1 is 1.45 bits per heavy atom. The molecule has 22 heavy (non-hydrogen) atoms. The van der Waals surface area contributed by atoms with Crippen LogP contribution in [-0.2, 0) is 6.18 Å². The molecule has 1 aromatic rings. The molecular weight excluding hydrogens is 335 g/mol. The summed E-state index contributed by atoms with van der Waals surface area (Å²) in [7, 11) is 0. The Kier molecular flexibility index (Phi) is 6.29. The summed E-state index contributed by atoms with van der Waals surface area (Å²) in [5.41, 5.74) is -0.880. The maximum Gasteiger partial charge on any atom is 0.421 e. The fourth-order valence-corrected chi connectivity index (χ4v) is 3.62. The number of benzene rings is 1. The fraction of sp³-hybridized carbons (Fsp3) is 0.600. The Balaban J connectivity index is 2.23. The molecule has 0 radical (unpaired) electrons. The van der Waals surface area contributed by atoms with Crippen molar-refractivity contribution in [2.45, 2.75) is 25.6 Å². The Morgan fingerprint density at radius 3 is 2.82 bits per heavy atom. The normalized spacial score (nSPS) is 20.1. The van der Waals surface area contributed by atoms with Gasteiger partial charge in [0.15, 0.2) is 0 Å². The summed E-state index contributed by atoms with van der Waals surface area (Å²) in [6.45, 7) is 3.68. The monoisotopic (exact) mass is 353 g/mol. The van der Waals surface area contributed by atoms with Crippen molar-refractivity contribution in [1.82, 2.24) is 5.32 Å². The predicted molar refractivity (Wildman–Crippen MR) is 84.8 cm³/mol. The molecule has 0 spiro atoms. The van der Waals surface area contributed by atoms with Gasteiger partial charge in [-0.2, -0.15) is 24.9 Å². The molecule has 0 aromatic heterocycles. The number of thioether (sulfide) groups is 1. The number of nitrogens with one attached hydrogen (secondary N) is 1. The molecule has 1 unspecified atom stereocenters. The van der Waals surface area contributed by atoms with Gasteiger partial charge < -0.3 is 10.1 Å². The van der Waals surface area contributed by atoms with Gasteiger partial charge >= 0.3 is 6.18 Å². The lowest BCUT2D eigenvalue weighted by molar-refractivity contribution is -0.139. The highest BCUT2D eigenvalue weighted by Gasteiger charge is 2.38. The largest absolute Gasteiger partial charge is 0.489 e. The number of hydrogen-bond acceptors (Lipinski definition) is 3. The second kappa shape index (κ2) is 7.79. The van der Waals surface area contributed by atoms with E-state index in [1.807, 2.05) is 6.92 Å². The molecule has 0 saturated carbocycles. The van der Waals surface area contributed by atoms with Crippen molar-refractivity contribution >= 4 is 23.4 Å². The second-order valence-electron chi connectivity index (χ2n) is 5.18. The van der Waals surface area contributed by atoms with Crippen LogP contribution in [0, 0.1) is 5.92 Å². The minimum absolute atomic E-state index is 0.173. The summed E-state index contributed by atoms with van der Waals surface area (Å²) in [6, 6.07) is 4.08. The summed E-state index contributed by atoms with van der Waals surface area (Å²) < 4.78 is 45.4. The first-order valence-corrected chi connectivity index (χ1v) is 8.77. The van der Waals surface area contributed by atoms with Crippen molar-refractivity contribution in [2.75, 3.05) is 24.6 Å². The maximum atomic E-state index is 13.2. The summed E-state index contributed by atoms with van der Waals surface area (Å²) in [4.78, 5) is 0. The highest BCUT2D eigenvalue weighted by atomic mass is 35.5. The van der Waals surface area contributed by atoms with Crippen LogP contribution in [0.4, 0.5) is 13.2 Å². The van der Waals surface area contributed by atoms with Crippen molar-refractivity contribution in [3.63, 3.8) is 0 Å². The van der Waals surface area contributed by atoms with Gasteiger partial charge in [0.05, 0.1) is 5.02 Å². The smallest absolute Gasteiger partial charge is 0.421 e. The molecule has 1 fully saturated rings. The van der Waals surface area contributed by atoms with Crippen LogP contribution in [0.25, 0.3) is 0 Å². The standard InChI is InChI=1S/C15H19ClF3NOS/c1-2-22-9-13(10-6-7-20-8-10)21-12-5-3-4-11(16)14(12)15(17,18)19/h3-5,10,13,20H,2,6-9H2,1H3/t10-,13?/m0/s1. The highest BCUT2D eigenvalue weighted by molar-refractivity contribution is 7.99. The van der Waals surface area contributed by atoms with E-state index in [0.717, 1.165) is 25.3 Å². The van der Waals surface area contributed by atoms with Gasteiger partial charge in [-0.25, -0.2) is 0 Å². The van der Waals surface area contributed by atoms with Crippen LogP contribution in [0.15, 0.2) is 18.2 Å². The van der Waals surface area contributed by atoms with E-state index in [4.69, 9.17) is 16.3 Å². The van der Waals surface area contributed by atoms with E-state index >= 15 is 0 Å². The minimum Gasteiger partial charge on any atom is -0.489 e. The third-order valence-electron chi connectivity index (χ3n) is 3.65. The molecule has 1 heterocycles. The molecule has 1 N–H and O–H groups in total. The van der Waals surface area contributed by atoms with E-state index in [1.165, 1.54) is 18.2 Å². The Bertz CT molecular complexity index is 492. The molecular formula is C15H19ClF3NOS. The zero-order chi connectivity index (χ0) is 16.2. The van der Waals surface area contributed by atoms with Gasteiger partial charge in [0.2, 0.25) is 0 Å². The van der Waals surface area contributed by atoms with E-state index in [1.54, 1.807) is 11.8 Å². The molecule has 7 heteroatoms. The molecule has 2 nitrogen and oxygen atoms in total. The maximum absolute atomic E-state index is 13.2. The van der Waals surface area contributed by atoms with Gasteiger partial charge in [0.25, 0.3) is 0 Å². The van der Waals surface area contributed by atoms with Crippen LogP contribution < -0.4 is 10.1 Å². The summed E-state index contributed by atoms with van der Waals surface area (Å²) in [5, 5.41) is 2.91. The van der Waals surface area contributed by atoms with Crippen LogP contribution >= 0.6 is 23.4 Å². The molecule has 1 saturated heterocycles. The zero-order valence-electron chi connectivity index (χ0n) is 12.3. The van der Waals surface area contributed by atoms with Gasteiger partial charge in [-0.15, -0.1) is 0 Å². The molecule has 124 valence electrons. The Hall–Kier alpha value is -0.590. The molecule has 1 aromatic carbocycles. The van der Waals surface area contributed by atoms with Gasteiger partial charge in [0.1, 0.15) is 17.4 Å². The highest BCUT2D eigenvalue weighted by Crippen LogP contribution is 2.41. The first-order valence-electron chi connectivity index (χ1n) is 7.24. The molecule has 2 rings (SSSR count). The van der Waals surface area contributed by atoms with Crippen LogP contribution in [0.5, 0.6) is 5.75 Å². The van der Waals surface area contributed by atoms with Crippen molar-refractivity contribution in [1.29, 1.82) is 0 Å². The van der Waals surface area contributed by atoms with Gasteiger partial charge in [-0.1, -0.05) is 24.6 Å². The summed E-state index contributed by atoms with van der Waals surface area (Å²) >= 11 is 7.42. The molecule has 1 aliphatic rings. The molecule has 1 aliphatic heterocycles. The van der Waals surface area contributed by atoms with Gasteiger partial charge in [-0.3, -0.25) is 0 Å². The average molecular weight is 354 g/mol. The summed E-state index contributed by atoms with van der Waals surface area (Å²) in [6.07, 6.45) is -3.86. The number of rotatable bonds is 6. The second-order valence-corrected chi connectivity index (χ2v) is 6.91. The van der Waals surface area contributed by atoms with Gasteiger partial charge in [-0.05, 0) is 30.9 Å². The van der Waals surface area contributed by atoms with E-state index in [2.05, 4.69) is 5.32 Å². The van der Waals surface area contributed by atoms with Crippen LogP contribution in [0.2, 0.25) is 5.02 Å². The van der Waals surface area contributed by atoms with Crippen molar-refractivity contribution in [3.8, 4) is 5.75 Å². The first-order chi connectivity index (χ1) is 10.4. The third kappa shape index (κ3) is 4.46. The number of hydrogen-bond donors (Lipinski definition) is 1. The quantitative estimate of drug-likeness (QED) is 0.815. The topological polar surface area (TPSA) is 21.3 Å². The van der Waals surface area contributed by atoms with Crippen molar-refractivity contribution in [3.05, 3.63) is 28.8 Å². The lowest BCUT2D eigenvalue weighted by Gasteiger charge is -2.26. The fourth-order valence-electron chi connectivity index (χ4n) is 2.54.